The molecule has 1 aromatic carbocycles. The van der Waals surface area contributed by atoms with Crippen molar-refractivity contribution >= 4 is 11.8 Å². The molecule has 0 radical (unpaired) electrons. The lowest BCUT2D eigenvalue weighted by atomic mass is 9.87. The van der Waals surface area contributed by atoms with Crippen LogP contribution < -0.4 is 5.32 Å². The average Bonchev–Trinajstić information content (AvgIpc) is 2.87. The normalized spacial score (nSPS) is 29.4. The van der Waals surface area contributed by atoms with Gasteiger partial charge in [-0.25, -0.2) is 0 Å². The first-order chi connectivity index (χ1) is 9.78. The molecule has 0 saturated heterocycles. The largest absolute Gasteiger partial charge is 0.508 e. The molecular formula is C17H25NOS. The van der Waals surface area contributed by atoms with Gasteiger partial charge in [0, 0.05) is 17.3 Å². The fraction of sp³-hybridized carbons (Fsp3) is 0.647. The number of hydrogen-bond donors (Lipinski definition) is 2. The molecule has 1 fully saturated rings. The highest BCUT2D eigenvalue weighted by Gasteiger charge is 2.30. The predicted molar refractivity (Wildman–Crippen MR) is 86.5 cm³/mol. The first kappa shape index (κ1) is 14.3. The van der Waals surface area contributed by atoms with Gasteiger partial charge in [-0.3, -0.25) is 0 Å². The molecule has 3 heteroatoms. The van der Waals surface area contributed by atoms with E-state index in [1.165, 1.54) is 49.0 Å². The zero-order chi connectivity index (χ0) is 13.9. The van der Waals surface area contributed by atoms with Gasteiger partial charge in [0.1, 0.15) is 5.75 Å². The van der Waals surface area contributed by atoms with Gasteiger partial charge in [-0.05, 0) is 61.1 Å². The van der Waals surface area contributed by atoms with Gasteiger partial charge in [-0.15, -0.1) is 0 Å². The standard InChI is InChI=1S/C17H25NOS/c1-2-20-17-8-4-7-16(17)18-15-6-3-5-12-9-10-13(19)11-14(12)15/h9-11,15-19H,2-8H2,1H3. The van der Waals surface area contributed by atoms with Crippen molar-refractivity contribution in [2.75, 3.05) is 5.75 Å². The Labute approximate surface area is 126 Å². The fourth-order valence-corrected chi connectivity index (χ4v) is 4.96. The number of aryl methyl sites for hydroxylation is 1. The maximum Gasteiger partial charge on any atom is 0.115 e. The van der Waals surface area contributed by atoms with Crippen molar-refractivity contribution in [2.45, 2.75) is 62.8 Å². The van der Waals surface area contributed by atoms with E-state index in [-0.39, 0.29) is 0 Å². The van der Waals surface area contributed by atoms with Crippen molar-refractivity contribution in [1.29, 1.82) is 0 Å². The van der Waals surface area contributed by atoms with E-state index in [1.54, 1.807) is 0 Å². The fourth-order valence-electron chi connectivity index (χ4n) is 3.75. The van der Waals surface area contributed by atoms with Crippen LogP contribution in [0.3, 0.4) is 0 Å². The second-order valence-corrected chi connectivity index (χ2v) is 7.54. The highest BCUT2D eigenvalue weighted by molar-refractivity contribution is 7.99. The van der Waals surface area contributed by atoms with E-state index in [0.29, 0.717) is 17.8 Å². The lowest BCUT2D eigenvalue weighted by Gasteiger charge is -2.31. The van der Waals surface area contributed by atoms with Crippen LogP contribution in [0.15, 0.2) is 18.2 Å². The second kappa shape index (κ2) is 6.40. The molecule has 2 nitrogen and oxygen atoms in total. The molecule has 2 N–H and O–H groups in total. The molecule has 1 aromatic rings. The number of hydrogen-bond acceptors (Lipinski definition) is 3. The third kappa shape index (κ3) is 2.99. The summed E-state index contributed by atoms with van der Waals surface area (Å²) in [4.78, 5) is 0. The van der Waals surface area contributed by atoms with Gasteiger partial charge in [0.05, 0.1) is 0 Å². The Bertz CT molecular complexity index is 462. The molecule has 110 valence electrons. The third-order valence-electron chi connectivity index (χ3n) is 4.69. The van der Waals surface area contributed by atoms with Gasteiger partial charge in [-0.2, -0.15) is 11.8 Å². The number of aromatic hydroxyl groups is 1. The van der Waals surface area contributed by atoms with Crippen LogP contribution in [-0.2, 0) is 6.42 Å². The lowest BCUT2D eigenvalue weighted by molar-refractivity contribution is 0.397. The molecule has 0 spiro atoms. The number of phenolic OH excluding ortho intramolecular Hbond substituents is 1. The van der Waals surface area contributed by atoms with Crippen LogP contribution in [0.25, 0.3) is 0 Å². The minimum Gasteiger partial charge on any atom is -0.508 e. The maximum atomic E-state index is 9.77. The number of benzene rings is 1. The Morgan fingerprint density at radius 3 is 3.00 bits per heavy atom. The van der Waals surface area contributed by atoms with Crippen LogP contribution in [-0.4, -0.2) is 22.2 Å². The van der Waals surface area contributed by atoms with E-state index >= 15 is 0 Å². The smallest absolute Gasteiger partial charge is 0.115 e. The van der Waals surface area contributed by atoms with E-state index in [0.717, 1.165) is 11.7 Å². The van der Waals surface area contributed by atoms with Gasteiger partial charge in [0.15, 0.2) is 0 Å². The monoisotopic (exact) mass is 291 g/mol. The first-order valence-electron chi connectivity index (χ1n) is 7.97. The van der Waals surface area contributed by atoms with Crippen LogP contribution in [0.1, 0.15) is 56.2 Å². The van der Waals surface area contributed by atoms with Crippen LogP contribution >= 0.6 is 11.8 Å². The highest BCUT2D eigenvalue weighted by atomic mass is 32.2. The predicted octanol–water partition coefficient (Wildman–Crippen LogP) is 4.03. The summed E-state index contributed by atoms with van der Waals surface area (Å²) in [5.41, 5.74) is 2.76. The molecule has 2 aliphatic rings. The topological polar surface area (TPSA) is 32.3 Å². The zero-order valence-electron chi connectivity index (χ0n) is 12.3. The average molecular weight is 291 g/mol. The minimum atomic E-state index is 0.406. The SMILES string of the molecule is CCSC1CCCC1NC1CCCc2ccc(O)cc21. The Kier molecular flexibility index (Phi) is 4.57. The summed E-state index contributed by atoms with van der Waals surface area (Å²) in [5, 5.41) is 14.5. The van der Waals surface area contributed by atoms with Crippen molar-refractivity contribution in [3.05, 3.63) is 29.3 Å². The molecular weight excluding hydrogens is 266 g/mol. The van der Waals surface area contributed by atoms with Gasteiger partial charge >= 0.3 is 0 Å². The van der Waals surface area contributed by atoms with E-state index in [2.05, 4.69) is 30.1 Å². The number of nitrogens with one attached hydrogen (secondary N) is 1. The Balaban J connectivity index is 1.74. The zero-order valence-corrected chi connectivity index (χ0v) is 13.1. The van der Waals surface area contributed by atoms with Crippen LogP contribution in [0.5, 0.6) is 5.75 Å². The van der Waals surface area contributed by atoms with Crippen LogP contribution in [0.4, 0.5) is 0 Å². The Hall–Kier alpha value is -0.670. The molecule has 3 atom stereocenters. The lowest BCUT2D eigenvalue weighted by Crippen LogP contribution is -2.38. The van der Waals surface area contributed by atoms with Crippen molar-refractivity contribution in [3.8, 4) is 5.75 Å². The minimum absolute atomic E-state index is 0.406. The highest BCUT2D eigenvalue weighted by Crippen LogP contribution is 2.36. The number of fused-ring (bicyclic) bond motifs is 1. The van der Waals surface area contributed by atoms with Gasteiger partial charge in [0.25, 0.3) is 0 Å². The maximum absolute atomic E-state index is 9.77. The van der Waals surface area contributed by atoms with E-state index in [9.17, 15) is 5.11 Å². The van der Waals surface area contributed by atoms with E-state index in [4.69, 9.17) is 0 Å². The summed E-state index contributed by atoms with van der Waals surface area (Å²) in [6, 6.07) is 6.99. The van der Waals surface area contributed by atoms with E-state index in [1.807, 2.05) is 12.1 Å². The molecule has 0 aromatic heterocycles. The molecule has 1 saturated carbocycles. The Morgan fingerprint density at radius 2 is 2.15 bits per heavy atom. The summed E-state index contributed by atoms with van der Waals surface area (Å²) >= 11 is 2.11. The summed E-state index contributed by atoms with van der Waals surface area (Å²) in [6.45, 7) is 2.26. The number of rotatable bonds is 4. The number of thioether (sulfide) groups is 1. The molecule has 0 heterocycles. The van der Waals surface area contributed by atoms with Crippen molar-refractivity contribution in [3.63, 3.8) is 0 Å². The molecule has 2 aliphatic carbocycles. The summed E-state index contributed by atoms with van der Waals surface area (Å²) in [7, 11) is 0. The molecule has 20 heavy (non-hydrogen) atoms. The Morgan fingerprint density at radius 1 is 1.25 bits per heavy atom. The summed E-state index contributed by atoms with van der Waals surface area (Å²) < 4.78 is 0. The molecule has 3 unspecified atom stereocenters. The van der Waals surface area contributed by atoms with Crippen molar-refractivity contribution in [1.82, 2.24) is 5.32 Å². The summed E-state index contributed by atoms with van der Waals surface area (Å²) in [5.74, 6) is 1.62. The summed E-state index contributed by atoms with van der Waals surface area (Å²) in [6.07, 6.45) is 7.64. The van der Waals surface area contributed by atoms with E-state index < -0.39 is 0 Å². The van der Waals surface area contributed by atoms with Gasteiger partial charge < -0.3 is 10.4 Å². The van der Waals surface area contributed by atoms with Gasteiger partial charge in [-0.1, -0.05) is 19.4 Å². The van der Waals surface area contributed by atoms with Crippen LogP contribution in [0, 0.1) is 0 Å². The molecule has 0 bridgehead atoms. The quantitative estimate of drug-likeness (QED) is 0.878. The molecule has 0 amide bonds. The molecule has 0 aliphatic heterocycles. The third-order valence-corrected chi connectivity index (χ3v) is 6.02. The van der Waals surface area contributed by atoms with Crippen molar-refractivity contribution in [2.24, 2.45) is 0 Å². The van der Waals surface area contributed by atoms with Crippen molar-refractivity contribution < 1.29 is 5.11 Å². The second-order valence-electron chi connectivity index (χ2n) is 6.03. The van der Waals surface area contributed by atoms with Crippen LogP contribution in [0.2, 0.25) is 0 Å². The van der Waals surface area contributed by atoms with Gasteiger partial charge in [0.2, 0.25) is 0 Å². The first-order valence-corrected chi connectivity index (χ1v) is 9.02. The molecule has 3 rings (SSSR count). The number of phenols is 1.